The molecule has 3 aliphatic rings. The Morgan fingerprint density at radius 2 is 1.00 bits per heavy atom. The molecule has 0 aliphatic carbocycles. The predicted molar refractivity (Wildman–Crippen MR) is 225 cm³/mol. The molecule has 0 unspecified atom stereocenters. The molecule has 2 saturated heterocycles. The number of pyridine rings is 2. The molecule has 1 radical (unpaired) electrons. The number of aliphatic imine (C=N–C) groups is 2. The predicted octanol–water partition coefficient (Wildman–Crippen LogP) is 10.5. The summed E-state index contributed by atoms with van der Waals surface area (Å²) in [6.45, 7) is 2.76. The Hall–Kier alpha value is -4.56. The van der Waals surface area contributed by atoms with Gasteiger partial charge in [0.15, 0.2) is 6.71 Å². The van der Waals surface area contributed by atoms with Crippen molar-refractivity contribution in [2.75, 3.05) is 0 Å². The first-order chi connectivity index (χ1) is 26.2. The molecular formula is C46H44BN5PRu. The summed E-state index contributed by atoms with van der Waals surface area (Å²) in [6.07, 6.45) is 9.50. The summed E-state index contributed by atoms with van der Waals surface area (Å²) in [5, 5.41) is 8.98. The van der Waals surface area contributed by atoms with Gasteiger partial charge in [0, 0.05) is 23.1 Å². The molecule has 2 bridgehead atoms. The number of aryl methyl sites for hydroxylation is 1. The van der Waals surface area contributed by atoms with E-state index in [9.17, 15) is 0 Å². The number of aromatic nitrogens is 2. The normalized spacial score (nSPS) is 18.7. The molecule has 0 saturated carbocycles. The van der Waals surface area contributed by atoms with Crippen molar-refractivity contribution in [3.05, 3.63) is 179 Å². The fraction of sp³-hybridized carbons (Fsp3) is 0.217. The average molecular weight is 810 g/mol. The minimum atomic E-state index is -0.446. The Balaban J connectivity index is 0.000000191. The molecule has 6 aromatic rings. The van der Waals surface area contributed by atoms with E-state index in [1.165, 1.54) is 54.4 Å². The number of nitrogens with zero attached hydrogens (tertiary/aromatic N) is 5. The van der Waals surface area contributed by atoms with Crippen LogP contribution < -0.4 is 15.9 Å². The Kier molecular flexibility index (Phi) is 12.7. The maximum Gasteiger partial charge on any atom is 1.00 e. The van der Waals surface area contributed by atoms with E-state index in [1.807, 2.05) is 49.4 Å². The zero-order chi connectivity index (χ0) is 35.8. The van der Waals surface area contributed by atoms with Crippen LogP contribution in [0.2, 0.25) is 11.6 Å². The minimum absolute atomic E-state index is 0. The van der Waals surface area contributed by atoms with Crippen molar-refractivity contribution < 1.29 is 19.5 Å². The third-order valence-electron chi connectivity index (χ3n) is 10.7. The zero-order valence-electron chi connectivity index (χ0n) is 30.7. The van der Waals surface area contributed by atoms with Gasteiger partial charge >= 0.3 is 19.5 Å². The third-order valence-corrected chi connectivity index (χ3v) is 13.2. The monoisotopic (exact) mass is 810 g/mol. The van der Waals surface area contributed by atoms with Gasteiger partial charge in [0.25, 0.3) is 0 Å². The van der Waals surface area contributed by atoms with E-state index >= 15 is 0 Å². The van der Waals surface area contributed by atoms with Gasteiger partial charge in [-0.15, -0.1) is 0 Å². The topological polar surface area (TPSA) is 64.6 Å². The second kappa shape index (κ2) is 18.2. The standard InChI is InChI=1S/C28H29BN5.C18H15P.Ru/c1-19-8-4-16-25(30-19)32-27-23-14-2-3-15-24(23)28(34-27)33-26-17-7-13-22(31-26)18-29-20-9-5-10-21(29)12-6-11-20;1-4-10-16(11-5-1)19(17-12-6-2-7-13-17)18-14-8-3-9-15-18;/h2-4,7-8,13-17,20-21H,5-6,9-12,18H2,1H3;1-15H;/q-1;;+1. The Morgan fingerprint density at radius 3 is 1.48 bits per heavy atom. The molecule has 2 fully saturated rings. The molecule has 9 rings (SSSR count). The Morgan fingerprint density at radius 1 is 0.556 bits per heavy atom. The van der Waals surface area contributed by atoms with Gasteiger partial charge in [-0.25, -0.2) is 0 Å². The van der Waals surface area contributed by atoms with Crippen LogP contribution in [0.25, 0.3) is 5.32 Å². The van der Waals surface area contributed by atoms with Gasteiger partial charge < -0.3 is 15.3 Å². The number of rotatable bonds is 7. The summed E-state index contributed by atoms with van der Waals surface area (Å²) in [5.41, 5.74) is 4.07. The molecular weight excluding hydrogens is 765 g/mol. The van der Waals surface area contributed by atoms with Crippen LogP contribution in [-0.2, 0) is 25.8 Å². The van der Waals surface area contributed by atoms with Gasteiger partial charge in [-0.1, -0.05) is 178 Å². The number of amidine groups is 2. The molecule has 269 valence electrons. The number of hydrogen-bond acceptors (Lipinski definition) is 4. The number of hydrogen-bond donors (Lipinski definition) is 0. The van der Waals surface area contributed by atoms with Gasteiger partial charge in [-0.3, -0.25) is 9.97 Å². The van der Waals surface area contributed by atoms with Crippen LogP contribution in [0.15, 0.2) is 162 Å². The van der Waals surface area contributed by atoms with E-state index < -0.39 is 7.92 Å². The maximum absolute atomic E-state index is 4.95. The van der Waals surface area contributed by atoms with Crippen molar-refractivity contribution in [2.45, 2.75) is 63.4 Å². The molecule has 0 amide bonds. The summed E-state index contributed by atoms with van der Waals surface area (Å²) in [4.78, 5) is 19.1. The fourth-order valence-electron chi connectivity index (χ4n) is 8.28. The van der Waals surface area contributed by atoms with E-state index in [1.54, 1.807) is 0 Å². The molecule has 0 atom stereocenters. The molecule has 54 heavy (non-hydrogen) atoms. The second-order valence-corrected chi connectivity index (χ2v) is 16.5. The first-order valence-corrected chi connectivity index (χ1v) is 20.4. The molecule has 8 heteroatoms. The van der Waals surface area contributed by atoms with Gasteiger partial charge in [0.1, 0.15) is 0 Å². The molecule has 4 aromatic carbocycles. The van der Waals surface area contributed by atoms with Crippen molar-refractivity contribution in [3.8, 4) is 0 Å². The smallest absolute Gasteiger partial charge is 0.357 e. The Bertz CT molecular complexity index is 2080. The van der Waals surface area contributed by atoms with E-state index in [4.69, 9.17) is 20.3 Å². The van der Waals surface area contributed by atoms with Crippen LogP contribution in [0.3, 0.4) is 0 Å². The third kappa shape index (κ3) is 9.03. The van der Waals surface area contributed by atoms with Crippen LogP contribution in [0.4, 0.5) is 11.6 Å². The van der Waals surface area contributed by atoms with Crippen LogP contribution in [0.1, 0.15) is 61.0 Å². The maximum atomic E-state index is 4.95. The first kappa shape index (κ1) is 37.7. The zero-order valence-corrected chi connectivity index (χ0v) is 33.3. The van der Waals surface area contributed by atoms with Crippen LogP contribution in [0.5, 0.6) is 0 Å². The van der Waals surface area contributed by atoms with Crippen molar-refractivity contribution in [3.63, 3.8) is 0 Å². The summed E-state index contributed by atoms with van der Waals surface area (Å²) >= 11 is 0. The van der Waals surface area contributed by atoms with Crippen molar-refractivity contribution in [1.29, 1.82) is 0 Å². The van der Waals surface area contributed by atoms with Crippen LogP contribution in [0, 0.1) is 6.92 Å². The summed E-state index contributed by atoms with van der Waals surface area (Å²) in [5.74, 6) is 4.47. The number of benzene rings is 4. The fourth-order valence-corrected chi connectivity index (χ4v) is 10.6. The Labute approximate surface area is 334 Å². The summed E-state index contributed by atoms with van der Waals surface area (Å²) in [6, 6.07) is 52.5. The molecule has 2 aromatic heterocycles. The van der Waals surface area contributed by atoms with Gasteiger partial charge in [-0.2, -0.15) is 0 Å². The number of fused-ring (bicyclic) bond motifs is 3. The molecule has 0 spiro atoms. The molecule has 3 aliphatic heterocycles. The summed E-state index contributed by atoms with van der Waals surface area (Å²) < 4.78 is 0. The van der Waals surface area contributed by atoms with E-state index in [-0.39, 0.29) is 19.5 Å². The van der Waals surface area contributed by atoms with Crippen LogP contribution in [-0.4, -0.2) is 28.4 Å². The average Bonchev–Trinajstić information content (AvgIpc) is 3.53. The first-order valence-electron chi connectivity index (χ1n) is 19.0. The van der Waals surface area contributed by atoms with E-state index in [0.29, 0.717) is 17.5 Å². The van der Waals surface area contributed by atoms with Gasteiger partial charge in [0.2, 0.25) is 0 Å². The largest absolute Gasteiger partial charge is 1.00 e. The van der Waals surface area contributed by atoms with Gasteiger partial charge in [-0.05, 0) is 72.5 Å². The van der Waals surface area contributed by atoms with Crippen LogP contribution >= 0.6 is 7.92 Å². The van der Waals surface area contributed by atoms with Crippen molar-refractivity contribution in [2.24, 2.45) is 9.98 Å². The molecule has 0 N–H and O–H groups in total. The second-order valence-electron chi connectivity index (χ2n) is 14.2. The van der Waals surface area contributed by atoms with E-state index in [2.05, 4.69) is 114 Å². The van der Waals surface area contributed by atoms with Crippen molar-refractivity contribution >= 4 is 53.9 Å². The molecule has 5 heterocycles. The van der Waals surface area contributed by atoms with E-state index in [0.717, 1.165) is 53.0 Å². The molecule has 5 nitrogen and oxygen atoms in total. The van der Waals surface area contributed by atoms with Crippen molar-refractivity contribution in [1.82, 2.24) is 9.97 Å². The quantitative estimate of drug-likeness (QED) is 0.119. The SMILES string of the molecule is Cc1cccc(/N=C2\[N-]/C(=N\c3cccc(CB4C5CCCC4CCC5)n3)c3ccccc32)n1.[Ru+].c1ccc(P(c2ccccc2)c2ccccc2)cc1. The minimum Gasteiger partial charge on any atom is -0.357 e. The summed E-state index contributed by atoms with van der Waals surface area (Å²) in [7, 11) is -0.446. The van der Waals surface area contributed by atoms with Gasteiger partial charge in [0.05, 0.1) is 11.6 Å².